The maximum Gasteiger partial charge on any atom is 0.238 e. The van der Waals surface area contributed by atoms with Gasteiger partial charge in [0.05, 0.1) is 13.1 Å². The number of nitrogens with zero attached hydrogens (tertiary/aromatic N) is 2. The van der Waals surface area contributed by atoms with Crippen LogP contribution < -0.4 is 0 Å². The second-order valence-corrected chi connectivity index (χ2v) is 10.9. The number of rotatable bonds is 10. The number of amides is 1. The van der Waals surface area contributed by atoms with E-state index in [-0.39, 0.29) is 18.5 Å². The molecular weight excluding hydrogens is 452 g/mol. The number of benzene rings is 2. The molecule has 0 aliphatic rings. The lowest BCUT2D eigenvalue weighted by molar-refractivity contribution is -0.132. The van der Waals surface area contributed by atoms with E-state index in [4.69, 9.17) is 0 Å². The van der Waals surface area contributed by atoms with Gasteiger partial charge in [-0.1, -0.05) is 60.7 Å². The van der Waals surface area contributed by atoms with Crippen LogP contribution >= 0.6 is 11.3 Å². The lowest BCUT2D eigenvalue weighted by Crippen LogP contribution is -2.44. The van der Waals surface area contributed by atoms with Gasteiger partial charge in [0.15, 0.2) is 0 Å². The van der Waals surface area contributed by atoms with Gasteiger partial charge in [-0.15, -0.1) is 11.3 Å². The van der Waals surface area contributed by atoms with E-state index < -0.39 is 10.0 Å². The van der Waals surface area contributed by atoms with Gasteiger partial charge in [-0.05, 0) is 55.0 Å². The summed E-state index contributed by atoms with van der Waals surface area (Å²) in [6, 6.07) is 20.7. The number of aryl methyl sites for hydroxylation is 1. The highest BCUT2D eigenvalue weighted by molar-refractivity contribution is 7.92. The van der Waals surface area contributed by atoms with Crippen LogP contribution in [-0.2, 0) is 27.9 Å². The van der Waals surface area contributed by atoms with Crippen LogP contribution in [0.15, 0.2) is 77.5 Å². The first kappa shape index (κ1) is 24.9. The molecule has 2 aromatic carbocycles. The number of carbonyl (C=O) groups is 1. The third-order valence-electron chi connectivity index (χ3n) is 5.30. The van der Waals surface area contributed by atoms with Gasteiger partial charge in [-0.3, -0.25) is 4.79 Å². The largest absolute Gasteiger partial charge is 0.332 e. The molecule has 1 heterocycles. The zero-order valence-electron chi connectivity index (χ0n) is 19.2. The van der Waals surface area contributed by atoms with Crippen molar-refractivity contribution in [3.63, 3.8) is 0 Å². The van der Waals surface area contributed by atoms with Gasteiger partial charge in [0.1, 0.15) is 0 Å². The molecule has 0 N–H and O–H groups in total. The first-order chi connectivity index (χ1) is 15.8. The smallest absolute Gasteiger partial charge is 0.238 e. The second-order valence-electron chi connectivity index (χ2n) is 8.16. The fourth-order valence-electron chi connectivity index (χ4n) is 3.38. The van der Waals surface area contributed by atoms with Gasteiger partial charge >= 0.3 is 0 Å². The molecule has 33 heavy (non-hydrogen) atoms. The van der Waals surface area contributed by atoms with Crippen LogP contribution in [-0.4, -0.2) is 36.1 Å². The number of hydrogen-bond donors (Lipinski definition) is 0. The fraction of sp³-hybridized carbons (Fsp3) is 0.269. The van der Waals surface area contributed by atoms with Crippen LogP contribution in [0.3, 0.4) is 0 Å². The molecule has 0 radical (unpaired) electrons. The van der Waals surface area contributed by atoms with Crippen LogP contribution in [0, 0.1) is 6.92 Å². The van der Waals surface area contributed by atoms with Crippen molar-refractivity contribution in [1.82, 2.24) is 9.21 Å². The highest BCUT2D eigenvalue weighted by Crippen LogP contribution is 2.20. The maximum absolute atomic E-state index is 13.4. The molecule has 1 amide bonds. The SMILES string of the molecule is Cc1ccsc1CN(Cc1ccccc1)C(=O)CN(C(C)C)S(=O)(=O)C=Cc1ccccc1. The van der Waals surface area contributed by atoms with Crippen LogP contribution in [0.1, 0.15) is 35.4 Å². The molecule has 0 aliphatic heterocycles. The molecule has 1 aromatic heterocycles. The van der Waals surface area contributed by atoms with Crippen molar-refractivity contribution in [2.24, 2.45) is 0 Å². The van der Waals surface area contributed by atoms with E-state index in [0.717, 1.165) is 21.6 Å². The van der Waals surface area contributed by atoms with Gasteiger partial charge in [-0.25, -0.2) is 8.42 Å². The Hall–Kier alpha value is -2.74. The Labute approximate surface area is 201 Å². The number of sulfonamides is 1. The number of hydrogen-bond acceptors (Lipinski definition) is 4. The molecule has 3 aromatic rings. The molecule has 0 atom stereocenters. The summed E-state index contributed by atoms with van der Waals surface area (Å²) < 4.78 is 27.5. The van der Waals surface area contributed by atoms with E-state index in [1.807, 2.05) is 79.0 Å². The Morgan fingerprint density at radius 1 is 0.970 bits per heavy atom. The summed E-state index contributed by atoms with van der Waals surface area (Å²) in [4.78, 5) is 16.3. The van der Waals surface area contributed by atoms with Crippen LogP contribution in [0.2, 0.25) is 0 Å². The normalized spacial score (nSPS) is 12.0. The topological polar surface area (TPSA) is 57.7 Å². The van der Waals surface area contributed by atoms with E-state index in [1.165, 1.54) is 9.71 Å². The predicted molar refractivity (Wildman–Crippen MR) is 136 cm³/mol. The zero-order valence-corrected chi connectivity index (χ0v) is 20.9. The number of carbonyl (C=O) groups excluding carboxylic acids is 1. The highest BCUT2D eigenvalue weighted by Gasteiger charge is 2.28. The molecule has 0 saturated heterocycles. The molecule has 0 unspecified atom stereocenters. The first-order valence-corrected chi connectivity index (χ1v) is 13.2. The number of thiophene rings is 1. The van der Waals surface area contributed by atoms with E-state index in [9.17, 15) is 13.2 Å². The Morgan fingerprint density at radius 3 is 2.18 bits per heavy atom. The highest BCUT2D eigenvalue weighted by atomic mass is 32.2. The molecule has 0 fully saturated rings. The summed E-state index contributed by atoms with van der Waals surface area (Å²) in [7, 11) is -3.78. The monoisotopic (exact) mass is 482 g/mol. The Bertz CT molecular complexity index is 1170. The molecule has 5 nitrogen and oxygen atoms in total. The van der Waals surface area contributed by atoms with Crippen LogP contribution in [0.5, 0.6) is 0 Å². The Morgan fingerprint density at radius 2 is 1.61 bits per heavy atom. The van der Waals surface area contributed by atoms with Crippen molar-refractivity contribution in [3.05, 3.63) is 99.1 Å². The molecular formula is C26H30N2O3S2. The minimum Gasteiger partial charge on any atom is -0.332 e. The molecule has 0 spiro atoms. The Kier molecular flexibility index (Phi) is 8.61. The maximum atomic E-state index is 13.4. The molecule has 174 valence electrons. The van der Waals surface area contributed by atoms with Crippen molar-refractivity contribution in [3.8, 4) is 0 Å². The predicted octanol–water partition coefficient (Wildman–Crippen LogP) is 5.30. The molecule has 7 heteroatoms. The van der Waals surface area contributed by atoms with E-state index in [0.29, 0.717) is 13.1 Å². The lowest BCUT2D eigenvalue weighted by Gasteiger charge is -2.28. The average Bonchev–Trinajstić information content (AvgIpc) is 3.21. The van der Waals surface area contributed by atoms with E-state index >= 15 is 0 Å². The van der Waals surface area contributed by atoms with E-state index in [1.54, 1.807) is 36.2 Å². The van der Waals surface area contributed by atoms with Crippen molar-refractivity contribution in [2.45, 2.75) is 39.9 Å². The lowest BCUT2D eigenvalue weighted by atomic mass is 10.2. The van der Waals surface area contributed by atoms with Gasteiger partial charge in [0, 0.05) is 22.9 Å². The fourth-order valence-corrected chi connectivity index (χ4v) is 5.67. The quantitative estimate of drug-likeness (QED) is 0.394. The summed E-state index contributed by atoms with van der Waals surface area (Å²) in [5.41, 5.74) is 2.92. The summed E-state index contributed by atoms with van der Waals surface area (Å²) in [5, 5.41) is 3.19. The van der Waals surface area contributed by atoms with Crippen molar-refractivity contribution in [1.29, 1.82) is 0 Å². The van der Waals surface area contributed by atoms with Gasteiger partial charge in [0.25, 0.3) is 0 Å². The zero-order chi connectivity index (χ0) is 23.8. The van der Waals surface area contributed by atoms with Crippen molar-refractivity contribution >= 4 is 33.3 Å². The molecule has 3 rings (SSSR count). The third kappa shape index (κ3) is 7.12. The molecule has 0 bridgehead atoms. The third-order valence-corrected chi connectivity index (χ3v) is 7.99. The van der Waals surface area contributed by atoms with Gasteiger partial charge < -0.3 is 4.90 Å². The van der Waals surface area contributed by atoms with Crippen LogP contribution in [0.4, 0.5) is 0 Å². The summed E-state index contributed by atoms with van der Waals surface area (Å²) in [6.45, 7) is 6.25. The second kappa shape index (κ2) is 11.4. The Balaban J connectivity index is 1.82. The average molecular weight is 483 g/mol. The molecule has 0 aliphatic carbocycles. The minimum absolute atomic E-state index is 0.212. The van der Waals surface area contributed by atoms with Crippen molar-refractivity contribution in [2.75, 3.05) is 6.54 Å². The van der Waals surface area contributed by atoms with Gasteiger partial charge in [-0.2, -0.15) is 4.31 Å². The first-order valence-electron chi connectivity index (χ1n) is 10.9. The summed E-state index contributed by atoms with van der Waals surface area (Å²) in [6.07, 6.45) is 1.56. The molecule has 0 saturated carbocycles. The van der Waals surface area contributed by atoms with Crippen LogP contribution in [0.25, 0.3) is 6.08 Å². The minimum atomic E-state index is -3.78. The van der Waals surface area contributed by atoms with Gasteiger partial charge in [0.2, 0.25) is 15.9 Å². The van der Waals surface area contributed by atoms with Crippen molar-refractivity contribution < 1.29 is 13.2 Å². The van der Waals surface area contributed by atoms with E-state index in [2.05, 4.69) is 0 Å². The standard InChI is InChI=1S/C26H30N2O3S2/c1-21(2)28(33(30,31)17-15-23-10-6-4-7-11-23)20-26(29)27(18-24-12-8-5-9-13-24)19-25-22(3)14-16-32-25/h4-17,21H,18-20H2,1-3H3. The summed E-state index contributed by atoms with van der Waals surface area (Å²) >= 11 is 1.61. The summed E-state index contributed by atoms with van der Waals surface area (Å²) in [5.74, 6) is -0.225.